The first-order valence-corrected chi connectivity index (χ1v) is 9.47. The molecule has 0 saturated heterocycles. The summed E-state index contributed by atoms with van der Waals surface area (Å²) in [5.74, 6) is 0.603. The molecule has 1 aliphatic rings. The predicted molar refractivity (Wildman–Crippen MR) is 85.3 cm³/mol. The number of nitrogens with two attached hydrogens (primary N) is 1. The van der Waals surface area contributed by atoms with Crippen molar-refractivity contribution in [3.8, 4) is 6.07 Å². The van der Waals surface area contributed by atoms with Crippen LogP contribution in [0.1, 0.15) is 19.3 Å². The van der Waals surface area contributed by atoms with Crippen LogP contribution in [0.5, 0.6) is 0 Å². The van der Waals surface area contributed by atoms with Crippen LogP contribution in [0.15, 0.2) is 29.2 Å². The molecule has 21 heavy (non-hydrogen) atoms. The predicted octanol–water partition coefficient (Wildman–Crippen LogP) is 2.07. The van der Waals surface area contributed by atoms with Crippen LogP contribution in [0.3, 0.4) is 0 Å². The quantitative estimate of drug-likeness (QED) is 0.584. The lowest BCUT2D eigenvalue weighted by Gasteiger charge is -2.20. The lowest BCUT2D eigenvalue weighted by atomic mass is 10.3. The highest BCUT2D eigenvalue weighted by molar-refractivity contribution is 8.00. The Labute approximate surface area is 130 Å². The zero-order chi connectivity index (χ0) is 15.3. The zero-order valence-electron chi connectivity index (χ0n) is 11.7. The third kappa shape index (κ3) is 4.92. The molecule has 114 valence electrons. The van der Waals surface area contributed by atoms with Gasteiger partial charge in [0.2, 0.25) is 10.0 Å². The minimum absolute atomic E-state index is 0.101. The number of nitrogens with zero attached hydrogens (tertiary/aromatic N) is 2. The van der Waals surface area contributed by atoms with Crippen LogP contribution in [-0.4, -0.2) is 36.8 Å². The smallest absolute Gasteiger partial charge is 0.215 e. The third-order valence-corrected chi connectivity index (χ3v) is 6.43. The second kappa shape index (κ2) is 7.16. The fourth-order valence-corrected chi connectivity index (χ4v) is 5.03. The molecule has 0 atom stereocenters. The molecule has 1 fully saturated rings. The summed E-state index contributed by atoms with van der Waals surface area (Å²) in [6.45, 7) is 0.316. The Morgan fingerprint density at radius 3 is 2.57 bits per heavy atom. The topological polar surface area (TPSA) is 87.2 Å². The molecule has 2 N–H and O–H groups in total. The zero-order valence-corrected chi connectivity index (χ0v) is 13.4. The van der Waals surface area contributed by atoms with Gasteiger partial charge in [0.05, 0.1) is 11.8 Å². The lowest BCUT2D eigenvalue weighted by molar-refractivity contribution is 0.412. The van der Waals surface area contributed by atoms with E-state index in [0.29, 0.717) is 18.0 Å². The van der Waals surface area contributed by atoms with Gasteiger partial charge in [-0.1, -0.05) is 0 Å². The maximum Gasteiger partial charge on any atom is 0.215 e. The van der Waals surface area contributed by atoms with E-state index in [1.807, 2.05) is 18.2 Å². The summed E-state index contributed by atoms with van der Waals surface area (Å²) in [6, 6.07) is 9.52. The van der Waals surface area contributed by atoms with E-state index in [9.17, 15) is 8.42 Å². The fourth-order valence-electron chi connectivity index (χ4n) is 2.02. The molecular weight excluding hydrogens is 306 g/mol. The Morgan fingerprint density at radius 1 is 1.33 bits per heavy atom. The van der Waals surface area contributed by atoms with Crippen molar-refractivity contribution in [3.05, 3.63) is 24.3 Å². The van der Waals surface area contributed by atoms with Crippen LogP contribution in [-0.2, 0) is 10.0 Å². The SMILES string of the molecule is N#CCCN(C1CC1)S(=O)(=O)CCSc1ccc(N)cc1. The number of anilines is 1. The molecule has 0 aromatic heterocycles. The van der Waals surface area contributed by atoms with Crippen molar-refractivity contribution in [2.75, 3.05) is 23.8 Å². The summed E-state index contributed by atoms with van der Waals surface area (Å²) in [5, 5.41) is 8.64. The van der Waals surface area contributed by atoms with Crippen molar-refractivity contribution in [3.63, 3.8) is 0 Å². The number of nitrogen functional groups attached to an aromatic ring is 1. The number of sulfonamides is 1. The average molecular weight is 325 g/mol. The molecule has 7 heteroatoms. The van der Waals surface area contributed by atoms with Gasteiger partial charge >= 0.3 is 0 Å². The van der Waals surface area contributed by atoms with Gasteiger partial charge in [0.1, 0.15) is 0 Å². The summed E-state index contributed by atoms with van der Waals surface area (Å²) in [4.78, 5) is 1.01. The Bertz CT molecular complexity index is 604. The van der Waals surface area contributed by atoms with Crippen molar-refractivity contribution in [2.24, 2.45) is 0 Å². The van der Waals surface area contributed by atoms with Crippen molar-refractivity contribution < 1.29 is 8.42 Å². The van der Waals surface area contributed by atoms with Gasteiger partial charge < -0.3 is 5.73 Å². The van der Waals surface area contributed by atoms with E-state index in [1.54, 1.807) is 12.1 Å². The summed E-state index contributed by atoms with van der Waals surface area (Å²) < 4.78 is 26.2. The third-order valence-electron chi connectivity index (χ3n) is 3.25. The van der Waals surface area contributed by atoms with Crippen LogP contribution < -0.4 is 5.73 Å². The molecule has 1 aliphatic carbocycles. The van der Waals surface area contributed by atoms with Gasteiger partial charge in [-0.25, -0.2) is 8.42 Å². The number of rotatable bonds is 8. The molecule has 1 aromatic carbocycles. The normalized spacial score (nSPS) is 15.0. The molecule has 0 amide bonds. The first-order valence-electron chi connectivity index (χ1n) is 6.88. The van der Waals surface area contributed by atoms with E-state index < -0.39 is 10.0 Å². The Hall–Kier alpha value is -1.23. The second-order valence-electron chi connectivity index (χ2n) is 4.98. The minimum Gasteiger partial charge on any atom is -0.399 e. The summed E-state index contributed by atoms with van der Waals surface area (Å²) in [6.07, 6.45) is 2.08. The van der Waals surface area contributed by atoms with Gasteiger partial charge in [0.25, 0.3) is 0 Å². The number of hydrogen-bond donors (Lipinski definition) is 1. The Balaban J connectivity index is 1.87. The highest BCUT2D eigenvalue weighted by Crippen LogP contribution is 2.30. The largest absolute Gasteiger partial charge is 0.399 e. The minimum atomic E-state index is -3.27. The van der Waals surface area contributed by atoms with Gasteiger partial charge in [-0.2, -0.15) is 9.57 Å². The first-order chi connectivity index (χ1) is 10.0. The first kappa shape index (κ1) is 16.1. The van der Waals surface area contributed by atoms with E-state index in [2.05, 4.69) is 0 Å². The van der Waals surface area contributed by atoms with Gasteiger partial charge in [0.15, 0.2) is 0 Å². The van der Waals surface area contributed by atoms with E-state index in [4.69, 9.17) is 11.0 Å². The molecule has 0 unspecified atom stereocenters. The second-order valence-corrected chi connectivity index (χ2v) is 8.19. The van der Waals surface area contributed by atoms with E-state index in [0.717, 1.165) is 17.7 Å². The maximum atomic E-state index is 12.3. The highest BCUT2D eigenvalue weighted by atomic mass is 32.2. The van der Waals surface area contributed by atoms with Crippen LogP contribution in [0.25, 0.3) is 0 Å². The van der Waals surface area contributed by atoms with E-state index >= 15 is 0 Å². The van der Waals surface area contributed by atoms with Crippen molar-refractivity contribution in [2.45, 2.75) is 30.2 Å². The van der Waals surface area contributed by atoms with Crippen LogP contribution in [0.2, 0.25) is 0 Å². The van der Waals surface area contributed by atoms with E-state index in [1.165, 1.54) is 16.1 Å². The number of benzene rings is 1. The van der Waals surface area contributed by atoms with Crippen molar-refractivity contribution in [1.82, 2.24) is 4.31 Å². The van der Waals surface area contributed by atoms with Gasteiger partial charge in [-0.05, 0) is 37.1 Å². The van der Waals surface area contributed by atoms with Gasteiger partial charge in [0, 0.05) is 35.3 Å². The van der Waals surface area contributed by atoms with Crippen LogP contribution in [0.4, 0.5) is 5.69 Å². The molecular formula is C14H19N3O2S2. The van der Waals surface area contributed by atoms with Crippen molar-refractivity contribution in [1.29, 1.82) is 5.26 Å². The summed E-state index contributed by atoms with van der Waals surface area (Å²) >= 11 is 1.50. The average Bonchev–Trinajstić information content (AvgIpc) is 3.26. The molecule has 0 heterocycles. The molecule has 1 aromatic rings. The van der Waals surface area contributed by atoms with Crippen LogP contribution >= 0.6 is 11.8 Å². The van der Waals surface area contributed by atoms with E-state index in [-0.39, 0.29) is 18.2 Å². The monoisotopic (exact) mass is 325 g/mol. The molecule has 0 radical (unpaired) electrons. The molecule has 0 aliphatic heterocycles. The highest BCUT2D eigenvalue weighted by Gasteiger charge is 2.36. The van der Waals surface area contributed by atoms with Gasteiger partial charge in [-0.15, -0.1) is 11.8 Å². The summed E-state index contributed by atoms with van der Waals surface area (Å²) in [7, 11) is -3.27. The van der Waals surface area contributed by atoms with Crippen LogP contribution in [0, 0.1) is 11.3 Å². The maximum absolute atomic E-state index is 12.3. The number of thioether (sulfide) groups is 1. The Kier molecular flexibility index (Phi) is 5.51. The van der Waals surface area contributed by atoms with Gasteiger partial charge in [-0.3, -0.25) is 0 Å². The molecule has 5 nitrogen and oxygen atoms in total. The lowest BCUT2D eigenvalue weighted by Crippen LogP contribution is -2.36. The van der Waals surface area contributed by atoms with Crippen molar-refractivity contribution >= 4 is 27.5 Å². The molecule has 0 bridgehead atoms. The summed E-state index contributed by atoms with van der Waals surface area (Å²) in [5.41, 5.74) is 6.31. The molecule has 1 saturated carbocycles. The fraction of sp³-hybridized carbons (Fsp3) is 0.500. The Morgan fingerprint density at radius 2 is 2.00 bits per heavy atom. The number of hydrogen-bond acceptors (Lipinski definition) is 5. The molecule has 2 rings (SSSR count). The number of nitriles is 1. The standard InChI is InChI=1S/C14H19N3O2S2/c15-8-1-9-17(13-4-5-13)21(18,19)11-10-20-14-6-2-12(16)3-7-14/h2-3,6-7,13H,1,4-5,9-11,16H2. The molecule has 0 spiro atoms.